The summed E-state index contributed by atoms with van der Waals surface area (Å²) in [4.78, 5) is 0. The number of halogens is 1. The zero-order valence-electron chi connectivity index (χ0n) is 25.0. The molecular weight excluding hydrogens is 595 g/mol. The largest absolute Gasteiger partial charge is 0.0642 e. The van der Waals surface area contributed by atoms with Gasteiger partial charge >= 0.3 is 0 Å². The molecule has 0 atom stereocenters. The smallest absolute Gasteiger partial charge is 0.0216 e. The summed E-state index contributed by atoms with van der Waals surface area (Å²) < 4.78 is 1.34. The molecule has 0 nitrogen and oxygen atoms in total. The SMILES string of the molecule is CCC1(CC)c2ccccc2-c2c1c1c(c3c2C(CC)(CC)c2ccc(I)cc2-3)C(CC)(CC)c2ccccc2-1. The van der Waals surface area contributed by atoms with Crippen molar-refractivity contribution in [3.8, 4) is 33.4 Å². The number of rotatable bonds is 6. The van der Waals surface area contributed by atoms with Crippen molar-refractivity contribution in [2.75, 3.05) is 0 Å². The van der Waals surface area contributed by atoms with Crippen molar-refractivity contribution in [3.05, 3.63) is 104 Å². The maximum atomic E-state index is 2.54. The summed E-state index contributed by atoms with van der Waals surface area (Å²) in [7, 11) is 0. The van der Waals surface area contributed by atoms with Gasteiger partial charge in [0.05, 0.1) is 0 Å². The molecule has 4 aromatic carbocycles. The van der Waals surface area contributed by atoms with E-state index in [0.717, 1.165) is 38.5 Å². The molecule has 1 heteroatoms. The molecule has 40 heavy (non-hydrogen) atoms. The molecule has 0 unspecified atom stereocenters. The fourth-order valence-electron chi connectivity index (χ4n) is 9.73. The minimum Gasteiger partial charge on any atom is -0.0642 e. The molecule has 0 bridgehead atoms. The number of benzene rings is 4. The second-order valence-corrected chi connectivity index (χ2v) is 13.6. The molecule has 0 radical (unpaired) electrons. The van der Waals surface area contributed by atoms with E-state index in [2.05, 4.69) is 131 Å². The van der Waals surface area contributed by atoms with Crippen molar-refractivity contribution in [1.82, 2.24) is 0 Å². The normalized spacial score (nSPS) is 17.6. The summed E-state index contributed by atoms with van der Waals surface area (Å²) in [6, 6.07) is 26.3. The monoisotopic (exact) mass is 636 g/mol. The van der Waals surface area contributed by atoms with Crippen molar-refractivity contribution in [3.63, 3.8) is 0 Å². The van der Waals surface area contributed by atoms with Gasteiger partial charge in [-0.3, -0.25) is 0 Å². The van der Waals surface area contributed by atoms with Crippen LogP contribution in [0.2, 0.25) is 0 Å². The van der Waals surface area contributed by atoms with Crippen molar-refractivity contribution >= 4 is 22.6 Å². The lowest BCUT2D eigenvalue weighted by Gasteiger charge is -2.37. The Morgan fingerprint density at radius 3 is 1.20 bits per heavy atom. The van der Waals surface area contributed by atoms with Gasteiger partial charge in [0.25, 0.3) is 0 Å². The van der Waals surface area contributed by atoms with Crippen molar-refractivity contribution in [2.45, 2.75) is 96.3 Å². The van der Waals surface area contributed by atoms with Gasteiger partial charge in [0.15, 0.2) is 0 Å². The van der Waals surface area contributed by atoms with Gasteiger partial charge in [-0.2, -0.15) is 0 Å². The predicted octanol–water partition coefficient (Wildman–Crippen LogP) is 11.6. The molecular formula is C39H41I. The molecule has 3 aliphatic carbocycles. The molecule has 0 saturated heterocycles. The van der Waals surface area contributed by atoms with Gasteiger partial charge in [-0.05, 0) is 140 Å². The Hall–Kier alpha value is -2.39. The van der Waals surface area contributed by atoms with E-state index in [-0.39, 0.29) is 16.2 Å². The van der Waals surface area contributed by atoms with E-state index < -0.39 is 0 Å². The molecule has 0 saturated carbocycles. The van der Waals surface area contributed by atoms with E-state index in [1.807, 2.05) is 0 Å². The minimum atomic E-state index is 0.0286. The van der Waals surface area contributed by atoms with Gasteiger partial charge in [0.1, 0.15) is 0 Å². The molecule has 0 aromatic heterocycles. The first-order chi connectivity index (χ1) is 19.4. The van der Waals surface area contributed by atoms with Crippen LogP contribution >= 0.6 is 22.6 Å². The molecule has 0 aliphatic heterocycles. The summed E-state index contributed by atoms with van der Waals surface area (Å²) in [5.41, 5.74) is 19.0. The van der Waals surface area contributed by atoms with Crippen molar-refractivity contribution in [2.24, 2.45) is 0 Å². The van der Waals surface area contributed by atoms with Crippen LogP contribution < -0.4 is 0 Å². The van der Waals surface area contributed by atoms with Crippen LogP contribution in [0.1, 0.15) is 113 Å². The molecule has 0 N–H and O–H groups in total. The van der Waals surface area contributed by atoms with E-state index in [0.29, 0.717) is 0 Å². The van der Waals surface area contributed by atoms with Crippen LogP contribution in [-0.4, -0.2) is 0 Å². The van der Waals surface area contributed by atoms with Crippen LogP contribution in [0, 0.1) is 3.57 Å². The van der Waals surface area contributed by atoms with Crippen molar-refractivity contribution < 1.29 is 0 Å². The Morgan fingerprint density at radius 1 is 0.450 bits per heavy atom. The molecule has 0 spiro atoms. The highest BCUT2D eigenvalue weighted by molar-refractivity contribution is 14.1. The quantitative estimate of drug-likeness (QED) is 0.185. The maximum Gasteiger partial charge on any atom is 0.0216 e. The number of hydrogen-bond donors (Lipinski definition) is 0. The third-order valence-electron chi connectivity index (χ3n) is 11.7. The fourth-order valence-corrected chi connectivity index (χ4v) is 10.2. The second kappa shape index (κ2) is 9.05. The van der Waals surface area contributed by atoms with E-state index >= 15 is 0 Å². The van der Waals surface area contributed by atoms with E-state index in [1.54, 1.807) is 50.1 Å². The summed E-state index contributed by atoms with van der Waals surface area (Å²) >= 11 is 2.54. The number of hydrogen-bond acceptors (Lipinski definition) is 0. The molecule has 7 rings (SSSR count). The van der Waals surface area contributed by atoms with Crippen LogP contribution in [0.25, 0.3) is 33.4 Å². The molecule has 0 heterocycles. The molecule has 0 fully saturated rings. The Bertz CT molecular complexity index is 1640. The van der Waals surface area contributed by atoms with Crippen LogP contribution in [0.3, 0.4) is 0 Å². The highest BCUT2D eigenvalue weighted by Crippen LogP contribution is 2.70. The zero-order valence-corrected chi connectivity index (χ0v) is 27.1. The first kappa shape index (κ1) is 26.5. The summed E-state index contributed by atoms with van der Waals surface area (Å²) in [6.45, 7) is 14.6. The van der Waals surface area contributed by atoms with Gasteiger partial charge in [-0.15, -0.1) is 0 Å². The van der Waals surface area contributed by atoms with E-state index in [4.69, 9.17) is 0 Å². The summed E-state index contributed by atoms with van der Waals surface area (Å²) in [6.07, 6.45) is 6.76. The highest BCUT2D eigenvalue weighted by Gasteiger charge is 2.56. The van der Waals surface area contributed by atoms with Crippen LogP contribution in [0.4, 0.5) is 0 Å². The lowest BCUT2D eigenvalue weighted by atomic mass is 9.65. The van der Waals surface area contributed by atoms with E-state index in [9.17, 15) is 0 Å². The fraction of sp³-hybridized carbons (Fsp3) is 0.385. The first-order valence-electron chi connectivity index (χ1n) is 15.7. The van der Waals surface area contributed by atoms with Gasteiger partial charge in [0, 0.05) is 19.8 Å². The standard InChI is InChI=1S/C39H41I/c1-7-37(8-2)28-19-15-13-17-25(28)32-34(37)31-26-18-14-16-20-29(26)38(9-3,10-4)35(31)33-27-23-24(40)21-22-30(27)39(11-5,12-6)36(32)33/h13-23H,7-12H2,1-6H3. The van der Waals surface area contributed by atoms with Crippen LogP contribution in [0.15, 0.2) is 66.7 Å². The van der Waals surface area contributed by atoms with Crippen LogP contribution in [0.5, 0.6) is 0 Å². The maximum absolute atomic E-state index is 2.54. The Labute approximate surface area is 254 Å². The van der Waals surface area contributed by atoms with Crippen LogP contribution in [-0.2, 0) is 16.2 Å². The summed E-state index contributed by atoms with van der Waals surface area (Å²) in [5, 5.41) is 0. The van der Waals surface area contributed by atoms with E-state index in [1.165, 1.54) is 20.3 Å². The van der Waals surface area contributed by atoms with Crippen molar-refractivity contribution in [1.29, 1.82) is 0 Å². The third kappa shape index (κ3) is 2.84. The average molecular weight is 637 g/mol. The molecule has 204 valence electrons. The van der Waals surface area contributed by atoms with Gasteiger partial charge in [-0.25, -0.2) is 0 Å². The van der Waals surface area contributed by atoms with Gasteiger partial charge in [-0.1, -0.05) is 96.1 Å². The molecule has 0 amide bonds. The Balaban J connectivity index is 1.82. The average Bonchev–Trinajstić information content (AvgIpc) is 3.57. The predicted molar refractivity (Wildman–Crippen MR) is 180 cm³/mol. The Morgan fingerprint density at radius 2 is 0.800 bits per heavy atom. The van der Waals surface area contributed by atoms with Gasteiger partial charge in [0.2, 0.25) is 0 Å². The lowest BCUT2D eigenvalue weighted by molar-refractivity contribution is 0.473. The minimum absolute atomic E-state index is 0.0286. The highest BCUT2D eigenvalue weighted by atomic mass is 127. The third-order valence-corrected chi connectivity index (χ3v) is 12.4. The Kier molecular flexibility index (Phi) is 6.00. The number of fused-ring (bicyclic) bond motifs is 12. The second-order valence-electron chi connectivity index (χ2n) is 12.4. The first-order valence-corrected chi connectivity index (χ1v) is 16.8. The topological polar surface area (TPSA) is 0 Å². The molecule has 4 aromatic rings. The molecule has 3 aliphatic rings. The zero-order chi connectivity index (χ0) is 28.0. The lowest BCUT2D eigenvalue weighted by Crippen LogP contribution is -2.29. The van der Waals surface area contributed by atoms with Gasteiger partial charge < -0.3 is 0 Å². The summed E-state index contributed by atoms with van der Waals surface area (Å²) in [5.74, 6) is 0.